The SMILES string of the molecule is CN[C@H]1CCN(c2cc(Cl)c3c(Nc4cc(F)c5nc(C)cn5c4)n[nH]c3c2)C1. The Morgan fingerprint density at radius 2 is 2.14 bits per heavy atom. The summed E-state index contributed by atoms with van der Waals surface area (Å²) in [5.74, 6) is 0.158. The first-order chi connectivity index (χ1) is 14.0. The predicted octanol–water partition coefficient (Wildman–Crippen LogP) is 3.85. The molecule has 0 bridgehead atoms. The molecule has 5 rings (SSSR count). The van der Waals surface area contributed by atoms with Crippen LogP contribution in [0.3, 0.4) is 0 Å². The quantitative estimate of drug-likeness (QED) is 0.474. The van der Waals surface area contributed by atoms with Gasteiger partial charge in [-0.15, -0.1) is 0 Å². The number of hydrogen-bond acceptors (Lipinski definition) is 5. The van der Waals surface area contributed by atoms with Gasteiger partial charge in [0.25, 0.3) is 0 Å². The molecule has 1 aliphatic heterocycles. The number of likely N-dealkylation sites (N-methyl/N-ethyl adjacent to an activating group) is 1. The summed E-state index contributed by atoms with van der Waals surface area (Å²) in [6, 6.07) is 5.92. The minimum absolute atomic E-state index is 0.299. The van der Waals surface area contributed by atoms with Crippen molar-refractivity contribution in [3.63, 3.8) is 0 Å². The molecule has 29 heavy (non-hydrogen) atoms. The molecule has 0 unspecified atom stereocenters. The highest BCUT2D eigenvalue weighted by Crippen LogP contribution is 2.35. The zero-order valence-electron chi connectivity index (χ0n) is 16.1. The Morgan fingerprint density at radius 1 is 1.28 bits per heavy atom. The van der Waals surface area contributed by atoms with E-state index in [1.54, 1.807) is 16.8 Å². The number of anilines is 3. The molecule has 0 amide bonds. The molecule has 0 saturated carbocycles. The summed E-state index contributed by atoms with van der Waals surface area (Å²) in [7, 11) is 1.99. The van der Waals surface area contributed by atoms with Crippen LogP contribution in [0.4, 0.5) is 21.6 Å². The number of fused-ring (bicyclic) bond motifs is 2. The first kappa shape index (κ1) is 18.2. The van der Waals surface area contributed by atoms with E-state index in [0.717, 1.165) is 41.8 Å². The minimum atomic E-state index is -0.399. The number of imidazole rings is 1. The molecule has 0 aliphatic carbocycles. The van der Waals surface area contributed by atoms with Crippen LogP contribution in [0.5, 0.6) is 0 Å². The van der Waals surface area contributed by atoms with Crippen molar-refractivity contribution in [3.05, 3.63) is 47.1 Å². The van der Waals surface area contributed by atoms with E-state index in [-0.39, 0.29) is 0 Å². The molecule has 0 radical (unpaired) electrons. The van der Waals surface area contributed by atoms with Gasteiger partial charge in [-0.2, -0.15) is 5.10 Å². The first-order valence-corrected chi connectivity index (χ1v) is 9.91. The lowest BCUT2D eigenvalue weighted by atomic mass is 10.2. The van der Waals surface area contributed by atoms with Gasteiger partial charge in [-0.25, -0.2) is 9.37 Å². The summed E-state index contributed by atoms with van der Waals surface area (Å²) in [6.07, 6.45) is 4.66. The molecule has 150 valence electrons. The molecule has 3 aromatic heterocycles. The average molecular weight is 414 g/mol. The van der Waals surface area contributed by atoms with Crippen LogP contribution in [0.2, 0.25) is 5.02 Å². The van der Waals surface area contributed by atoms with Crippen LogP contribution in [-0.2, 0) is 0 Å². The number of rotatable bonds is 4. The Bertz CT molecular complexity index is 1210. The zero-order valence-corrected chi connectivity index (χ0v) is 16.9. The Hall–Kier alpha value is -2.84. The Labute approximate surface area is 171 Å². The van der Waals surface area contributed by atoms with Gasteiger partial charge in [-0.1, -0.05) is 11.6 Å². The fraction of sp³-hybridized carbons (Fsp3) is 0.300. The average Bonchev–Trinajstić information content (AvgIpc) is 3.40. The van der Waals surface area contributed by atoms with Gasteiger partial charge >= 0.3 is 0 Å². The van der Waals surface area contributed by atoms with E-state index in [1.165, 1.54) is 6.07 Å². The van der Waals surface area contributed by atoms with Crippen molar-refractivity contribution >= 4 is 45.3 Å². The highest BCUT2D eigenvalue weighted by Gasteiger charge is 2.23. The normalized spacial score (nSPS) is 17.0. The number of pyridine rings is 1. The Morgan fingerprint density at radius 3 is 2.93 bits per heavy atom. The number of nitrogens with zero attached hydrogens (tertiary/aromatic N) is 4. The van der Waals surface area contributed by atoms with Crippen LogP contribution in [0.15, 0.2) is 30.6 Å². The fourth-order valence-electron chi connectivity index (χ4n) is 3.98. The van der Waals surface area contributed by atoms with Crippen LogP contribution in [0.1, 0.15) is 12.1 Å². The number of aryl methyl sites for hydroxylation is 1. The molecule has 0 spiro atoms. The zero-order chi connectivity index (χ0) is 20.1. The Kier molecular flexibility index (Phi) is 4.33. The topological polar surface area (TPSA) is 73.3 Å². The standard InChI is InChI=1S/C20H21ClFN7/c1-11-8-29-10-13(5-16(22)20(29)24-11)25-19-18-15(21)6-14(7-17(18)26-27-19)28-4-3-12(9-28)23-2/h5-8,10,12,23H,3-4,9H2,1-2H3,(H2,25,26,27)/t12-/m0/s1. The van der Waals surface area contributed by atoms with E-state index in [0.29, 0.717) is 28.2 Å². The first-order valence-electron chi connectivity index (χ1n) is 9.53. The Balaban J connectivity index is 1.48. The summed E-state index contributed by atoms with van der Waals surface area (Å²) in [6.45, 7) is 3.76. The van der Waals surface area contributed by atoms with Crippen LogP contribution in [-0.4, -0.2) is 45.8 Å². The van der Waals surface area contributed by atoms with Crippen LogP contribution < -0.4 is 15.5 Å². The van der Waals surface area contributed by atoms with E-state index in [4.69, 9.17) is 11.6 Å². The molecular weight excluding hydrogens is 393 g/mol. The van der Waals surface area contributed by atoms with Gasteiger partial charge in [-0.05, 0) is 32.5 Å². The van der Waals surface area contributed by atoms with E-state index in [9.17, 15) is 4.39 Å². The number of H-pyrrole nitrogens is 1. The molecule has 1 aliphatic rings. The third kappa shape index (κ3) is 3.18. The maximum absolute atomic E-state index is 14.4. The second kappa shape index (κ2) is 6.89. The summed E-state index contributed by atoms with van der Waals surface area (Å²) >= 11 is 6.62. The maximum Gasteiger partial charge on any atom is 0.173 e. The van der Waals surface area contributed by atoms with E-state index < -0.39 is 5.82 Å². The second-order valence-corrected chi connectivity index (χ2v) is 7.86. The number of aromatic amines is 1. The van der Waals surface area contributed by atoms with Crippen molar-refractivity contribution in [3.8, 4) is 0 Å². The van der Waals surface area contributed by atoms with Crippen LogP contribution in [0.25, 0.3) is 16.6 Å². The minimum Gasteiger partial charge on any atom is -0.370 e. The van der Waals surface area contributed by atoms with Crippen molar-refractivity contribution < 1.29 is 4.39 Å². The largest absolute Gasteiger partial charge is 0.370 e. The molecule has 3 N–H and O–H groups in total. The van der Waals surface area contributed by atoms with Crippen molar-refractivity contribution in [2.75, 3.05) is 30.4 Å². The van der Waals surface area contributed by atoms with E-state index >= 15 is 0 Å². The molecule has 1 atom stereocenters. The summed E-state index contributed by atoms with van der Waals surface area (Å²) in [5, 5.41) is 15.3. The predicted molar refractivity (Wildman–Crippen MR) is 114 cm³/mol. The number of halogens is 2. The molecule has 4 heterocycles. The molecule has 1 aromatic carbocycles. The molecule has 1 saturated heterocycles. The number of hydrogen-bond donors (Lipinski definition) is 3. The summed E-state index contributed by atoms with van der Waals surface area (Å²) < 4.78 is 16.0. The van der Waals surface area contributed by atoms with Gasteiger partial charge in [0, 0.05) is 43.3 Å². The lowest BCUT2D eigenvalue weighted by molar-refractivity contribution is 0.617. The summed E-state index contributed by atoms with van der Waals surface area (Å²) in [4.78, 5) is 6.49. The maximum atomic E-state index is 14.4. The smallest absolute Gasteiger partial charge is 0.173 e. The highest BCUT2D eigenvalue weighted by molar-refractivity contribution is 6.36. The van der Waals surface area contributed by atoms with Crippen molar-refractivity contribution in [1.82, 2.24) is 24.9 Å². The number of nitrogens with one attached hydrogen (secondary N) is 3. The summed E-state index contributed by atoms with van der Waals surface area (Å²) in [5.41, 5.74) is 3.52. The highest BCUT2D eigenvalue weighted by atomic mass is 35.5. The van der Waals surface area contributed by atoms with E-state index in [1.807, 2.05) is 20.0 Å². The van der Waals surface area contributed by atoms with Crippen molar-refractivity contribution in [1.29, 1.82) is 0 Å². The second-order valence-electron chi connectivity index (χ2n) is 7.46. The monoisotopic (exact) mass is 413 g/mol. The fourth-order valence-corrected chi connectivity index (χ4v) is 4.28. The third-order valence-corrected chi connectivity index (χ3v) is 5.75. The van der Waals surface area contributed by atoms with Crippen molar-refractivity contribution in [2.24, 2.45) is 0 Å². The van der Waals surface area contributed by atoms with Gasteiger partial charge in [-0.3, -0.25) is 5.10 Å². The van der Waals surface area contributed by atoms with Gasteiger partial charge in [0.2, 0.25) is 0 Å². The molecule has 7 nitrogen and oxygen atoms in total. The van der Waals surface area contributed by atoms with Gasteiger partial charge in [0.05, 0.1) is 27.3 Å². The number of benzene rings is 1. The van der Waals surface area contributed by atoms with Crippen LogP contribution >= 0.6 is 11.6 Å². The molecule has 9 heteroatoms. The lowest BCUT2D eigenvalue weighted by Gasteiger charge is -2.19. The number of aromatic nitrogens is 4. The van der Waals surface area contributed by atoms with Crippen LogP contribution in [0, 0.1) is 12.7 Å². The molecule has 4 aromatic rings. The molecular formula is C20H21ClFN7. The van der Waals surface area contributed by atoms with Gasteiger partial charge in [0.1, 0.15) is 0 Å². The van der Waals surface area contributed by atoms with E-state index in [2.05, 4.69) is 36.8 Å². The van der Waals surface area contributed by atoms with Gasteiger partial charge < -0.3 is 19.9 Å². The lowest BCUT2D eigenvalue weighted by Crippen LogP contribution is -2.29. The van der Waals surface area contributed by atoms with Gasteiger partial charge in [0.15, 0.2) is 17.3 Å². The molecule has 1 fully saturated rings. The van der Waals surface area contributed by atoms with Crippen molar-refractivity contribution in [2.45, 2.75) is 19.4 Å². The third-order valence-electron chi connectivity index (χ3n) is 5.45.